The van der Waals surface area contributed by atoms with E-state index in [0.29, 0.717) is 17.9 Å². The van der Waals surface area contributed by atoms with Crippen LogP contribution in [-0.4, -0.2) is 42.0 Å². The topological polar surface area (TPSA) is 83.3 Å². The van der Waals surface area contributed by atoms with Crippen LogP contribution in [0.2, 0.25) is 0 Å². The van der Waals surface area contributed by atoms with Crippen LogP contribution < -0.4 is 16.6 Å². The summed E-state index contributed by atoms with van der Waals surface area (Å²) in [5.74, 6) is 5.65. The number of hydrogen-bond acceptors (Lipinski definition) is 5. The maximum Gasteiger partial charge on any atom is 0.252 e. The Labute approximate surface area is 107 Å². The van der Waals surface area contributed by atoms with Gasteiger partial charge in [-0.2, -0.15) is 0 Å². The maximum atomic E-state index is 11.8. The van der Waals surface area contributed by atoms with Crippen molar-refractivity contribution >= 4 is 11.7 Å². The summed E-state index contributed by atoms with van der Waals surface area (Å²) in [5, 5.41) is 2.88. The lowest BCUT2D eigenvalue weighted by molar-refractivity contribution is 0.0949. The third-order valence-electron chi connectivity index (χ3n) is 3.09. The van der Waals surface area contributed by atoms with Gasteiger partial charge in [-0.25, -0.2) is 10.8 Å². The van der Waals surface area contributed by atoms with E-state index in [0.717, 1.165) is 12.6 Å². The van der Waals surface area contributed by atoms with Gasteiger partial charge in [-0.05, 0) is 32.0 Å². The first kappa shape index (κ1) is 12.8. The minimum Gasteiger partial charge on any atom is -0.351 e. The van der Waals surface area contributed by atoms with Crippen LogP contribution in [0.5, 0.6) is 0 Å². The van der Waals surface area contributed by atoms with E-state index < -0.39 is 0 Å². The summed E-state index contributed by atoms with van der Waals surface area (Å²) in [5.41, 5.74) is 2.97. The Morgan fingerprint density at radius 2 is 2.33 bits per heavy atom. The third kappa shape index (κ3) is 3.41. The molecule has 98 valence electrons. The second-order valence-electron chi connectivity index (χ2n) is 4.54. The summed E-state index contributed by atoms with van der Waals surface area (Å²) in [6.45, 7) is 1.54. The zero-order chi connectivity index (χ0) is 13.0. The van der Waals surface area contributed by atoms with Crippen LogP contribution in [0, 0.1) is 0 Å². The number of aromatic nitrogens is 1. The van der Waals surface area contributed by atoms with Crippen LogP contribution in [0.3, 0.4) is 0 Å². The highest BCUT2D eigenvalue weighted by Crippen LogP contribution is 2.24. The number of amides is 1. The quantitative estimate of drug-likeness (QED) is 0.495. The number of pyridine rings is 1. The summed E-state index contributed by atoms with van der Waals surface area (Å²) in [6.07, 6.45) is 4.07. The maximum absolute atomic E-state index is 11.8. The fraction of sp³-hybridized carbons (Fsp3) is 0.500. The van der Waals surface area contributed by atoms with Gasteiger partial charge in [0.1, 0.15) is 5.82 Å². The molecule has 0 spiro atoms. The van der Waals surface area contributed by atoms with Crippen LogP contribution in [0.15, 0.2) is 18.3 Å². The van der Waals surface area contributed by atoms with Gasteiger partial charge in [-0.15, -0.1) is 0 Å². The standard InChI is InChI=1S/C12H19N5O/c1-17(10-3-4-10)7-6-14-12(18)9-2-5-11(16-13)15-8-9/h2,5,8,10H,3-4,6-7,13H2,1H3,(H,14,18)(H,15,16). The SMILES string of the molecule is CN(CCNC(=O)c1ccc(NN)nc1)C1CC1. The van der Waals surface area contributed by atoms with Crippen molar-refractivity contribution in [3.05, 3.63) is 23.9 Å². The number of nitrogens with zero attached hydrogens (tertiary/aromatic N) is 2. The van der Waals surface area contributed by atoms with E-state index in [1.54, 1.807) is 12.1 Å². The number of nitrogens with two attached hydrogens (primary N) is 1. The van der Waals surface area contributed by atoms with E-state index in [1.165, 1.54) is 19.0 Å². The Bertz CT molecular complexity index is 401. The van der Waals surface area contributed by atoms with E-state index in [1.807, 2.05) is 0 Å². The molecule has 0 bridgehead atoms. The fourth-order valence-corrected chi connectivity index (χ4v) is 1.76. The van der Waals surface area contributed by atoms with Gasteiger partial charge in [0.05, 0.1) is 5.56 Å². The van der Waals surface area contributed by atoms with E-state index in [-0.39, 0.29) is 5.91 Å². The van der Waals surface area contributed by atoms with Crippen molar-refractivity contribution in [3.8, 4) is 0 Å². The number of carbonyl (C=O) groups excluding carboxylic acids is 1. The molecule has 0 aliphatic heterocycles. The Hall–Kier alpha value is -1.66. The van der Waals surface area contributed by atoms with Crippen molar-refractivity contribution in [1.82, 2.24) is 15.2 Å². The summed E-state index contributed by atoms with van der Waals surface area (Å²) in [7, 11) is 2.09. The molecule has 0 unspecified atom stereocenters. The zero-order valence-corrected chi connectivity index (χ0v) is 10.5. The van der Waals surface area contributed by atoms with Gasteiger partial charge in [-0.1, -0.05) is 0 Å². The van der Waals surface area contributed by atoms with Crippen molar-refractivity contribution in [2.75, 3.05) is 25.6 Å². The first-order chi connectivity index (χ1) is 8.70. The lowest BCUT2D eigenvalue weighted by Gasteiger charge is -2.15. The van der Waals surface area contributed by atoms with Gasteiger partial charge in [-0.3, -0.25) is 4.79 Å². The molecular weight excluding hydrogens is 230 g/mol. The van der Waals surface area contributed by atoms with Crippen LogP contribution in [-0.2, 0) is 0 Å². The summed E-state index contributed by atoms with van der Waals surface area (Å²) in [4.78, 5) is 18.1. The summed E-state index contributed by atoms with van der Waals surface area (Å²) < 4.78 is 0. The molecule has 0 saturated heterocycles. The Morgan fingerprint density at radius 1 is 1.56 bits per heavy atom. The first-order valence-electron chi connectivity index (χ1n) is 6.12. The molecule has 6 heteroatoms. The monoisotopic (exact) mass is 249 g/mol. The highest BCUT2D eigenvalue weighted by atomic mass is 16.1. The first-order valence-corrected chi connectivity index (χ1v) is 6.12. The van der Waals surface area contributed by atoms with E-state index >= 15 is 0 Å². The van der Waals surface area contributed by atoms with Gasteiger partial charge >= 0.3 is 0 Å². The molecule has 0 radical (unpaired) electrons. The van der Waals surface area contributed by atoms with Crippen LogP contribution in [0.1, 0.15) is 23.2 Å². The number of likely N-dealkylation sites (N-methyl/N-ethyl adjacent to an activating group) is 1. The molecule has 18 heavy (non-hydrogen) atoms. The van der Waals surface area contributed by atoms with Gasteiger partial charge < -0.3 is 15.6 Å². The highest BCUT2D eigenvalue weighted by Gasteiger charge is 2.25. The van der Waals surface area contributed by atoms with E-state index in [9.17, 15) is 4.79 Å². The molecule has 6 nitrogen and oxygen atoms in total. The molecule has 1 fully saturated rings. The molecule has 1 aromatic heterocycles. The van der Waals surface area contributed by atoms with Gasteiger partial charge in [0.15, 0.2) is 0 Å². The van der Waals surface area contributed by atoms with E-state index in [4.69, 9.17) is 5.84 Å². The van der Waals surface area contributed by atoms with Crippen LogP contribution in [0.25, 0.3) is 0 Å². The number of nitrogen functional groups attached to an aromatic ring is 1. The fourth-order valence-electron chi connectivity index (χ4n) is 1.76. The normalized spacial score (nSPS) is 14.6. The second-order valence-corrected chi connectivity index (χ2v) is 4.54. The average Bonchev–Trinajstić information content (AvgIpc) is 3.23. The molecule has 2 rings (SSSR count). The predicted molar refractivity (Wildman–Crippen MR) is 70.0 cm³/mol. The van der Waals surface area contributed by atoms with Crippen molar-refractivity contribution in [3.63, 3.8) is 0 Å². The molecule has 1 aliphatic carbocycles. The number of hydrazine groups is 1. The number of carbonyl (C=O) groups is 1. The highest BCUT2D eigenvalue weighted by molar-refractivity contribution is 5.94. The largest absolute Gasteiger partial charge is 0.351 e. The van der Waals surface area contributed by atoms with E-state index in [2.05, 4.69) is 27.7 Å². The molecular formula is C12H19N5O. The van der Waals surface area contributed by atoms with Crippen molar-refractivity contribution in [2.24, 2.45) is 5.84 Å². The van der Waals surface area contributed by atoms with Gasteiger partial charge in [0.25, 0.3) is 5.91 Å². The smallest absolute Gasteiger partial charge is 0.252 e. The molecule has 1 heterocycles. The summed E-state index contributed by atoms with van der Waals surface area (Å²) in [6, 6.07) is 4.09. The Kier molecular flexibility index (Phi) is 4.11. The minimum atomic E-state index is -0.102. The Balaban J connectivity index is 1.75. The molecule has 0 aromatic carbocycles. The third-order valence-corrected chi connectivity index (χ3v) is 3.09. The molecule has 4 N–H and O–H groups in total. The summed E-state index contributed by atoms with van der Waals surface area (Å²) >= 11 is 0. The molecule has 1 amide bonds. The Morgan fingerprint density at radius 3 is 2.89 bits per heavy atom. The number of rotatable bonds is 6. The number of anilines is 1. The number of hydrogen-bond donors (Lipinski definition) is 3. The average molecular weight is 249 g/mol. The number of nitrogens with one attached hydrogen (secondary N) is 2. The van der Waals surface area contributed by atoms with Crippen molar-refractivity contribution in [1.29, 1.82) is 0 Å². The molecule has 0 atom stereocenters. The van der Waals surface area contributed by atoms with Gasteiger partial charge in [0, 0.05) is 25.3 Å². The minimum absolute atomic E-state index is 0.102. The second kappa shape index (κ2) is 5.79. The molecule has 1 aliphatic rings. The molecule has 1 saturated carbocycles. The van der Waals surface area contributed by atoms with Gasteiger partial charge in [0.2, 0.25) is 0 Å². The zero-order valence-electron chi connectivity index (χ0n) is 10.5. The van der Waals surface area contributed by atoms with Crippen LogP contribution >= 0.6 is 0 Å². The lowest BCUT2D eigenvalue weighted by atomic mass is 10.2. The van der Waals surface area contributed by atoms with Crippen molar-refractivity contribution < 1.29 is 4.79 Å². The van der Waals surface area contributed by atoms with Crippen LogP contribution in [0.4, 0.5) is 5.82 Å². The molecule has 1 aromatic rings. The lowest BCUT2D eigenvalue weighted by Crippen LogP contribution is -2.34. The van der Waals surface area contributed by atoms with Crippen molar-refractivity contribution in [2.45, 2.75) is 18.9 Å². The predicted octanol–water partition coefficient (Wildman–Crippen LogP) is 0.191.